The molecule has 0 aliphatic carbocycles. The van der Waals surface area contributed by atoms with Crippen molar-refractivity contribution < 1.29 is 9.53 Å². The second-order valence-electron chi connectivity index (χ2n) is 6.01. The third-order valence-electron chi connectivity index (χ3n) is 4.64. The Labute approximate surface area is 111 Å². The lowest BCUT2D eigenvalue weighted by Gasteiger charge is -2.41. The molecule has 4 heteroatoms. The van der Waals surface area contributed by atoms with Crippen molar-refractivity contribution in [3.05, 3.63) is 0 Å². The predicted molar refractivity (Wildman–Crippen MR) is 73.6 cm³/mol. The summed E-state index contributed by atoms with van der Waals surface area (Å²) in [5, 5.41) is 3.09. The van der Waals surface area contributed by atoms with Gasteiger partial charge in [-0.1, -0.05) is 20.3 Å². The highest BCUT2D eigenvalue weighted by Crippen LogP contribution is 2.34. The molecule has 0 aromatic heterocycles. The monoisotopic (exact) mass is 256 g/mol. The van der Waals surface area contributed by atoms with Crippen LogP contribution in [-0.2, 0) is 9.53 Å². The number of carbonyl (C=O) groups is 1. The molecule has 1 atom stereocenters. The molecular weight excluding hydrogens is 228 g/mol. The van der Waals surface area contributed by atoms with Crippen molar-refractivity contribution in [1.82, 2.24) is 10.2 Å². The van der Waals surface area contributed by atoms with Gasteiger partial charge in [0.25, 0.3) is 0 Å². The fraction of sp³-hybridized carbons (Fsp3) is 0.929. The van der Waals surface area contributed by atoms with Crippen LogP contribution in [-0.4, -0.2) is 50.2 Å². The van der Waals surface area contributed by atoms with E-state index in [0.29, 0.717) is 5.41 Å². The van der Waals surface area contributed by atoms with Crippen LogP contribution in [0.15, 0.2) is 0 Å². The molecule has 1 fully saturated rings. The van der Waals surface area contributed by atoms with Crippen LogP contribution in [0, 0.1) is 5.41 Å². The Morgan fingerprint density at radius 2 is 2.00 bits per heavy atom. The molecule has 1 saturated heterocycles. The van der Waals surface area contributed by atoms with Crippen LogP contribution in [0.3, 0.4) is 0 Å². The third kappa shape index (κ3) is 3.45. The fourth-order valence-electron chi connectivity index (χ4n) is 2.52. The van der Waals surface area contributed by atoms with Gasteiger partial charge in [0, 0.05) is 6.54 Å². The van der Waals surface area contributed by atoms with Gasteiger partial charge in [-0.15, -0.1) is 0 Å². The van der Waals surface area contributed by atoms with E-state index in [4.69, 9.17) is 4.74 Å². The first-order valence-electron chi connectivity index (χ1n) is 6.89. The topological polar surface area (TPSA) is 41.6 Å². The number of likely N-dealkylation sites (tertiary alicyclic amines) is 1. The lowest BCUT2D eigenvalue weighted by Crippen LogP contribution is -2.57. The second kappa shape index (κ2) is 6.02. The molecule has 0 aromatic rings. The van der Waals surface area contributed by atoms with Gasteiger partial charge in [-0.05, 0) is 45.3 Å². The van der Waals surface area contributed by atoms with E-state index >= 15 is 0 Å². The molecule has 4 nitrogen and oxygen atoms in total. The largest absolute Gasteiger partial charge is 0.468 e. The Hall–Kier alpha value is -0.610. The molecule has 106 valence electrons. The van der Waals surface area contributed by atoms with Crippen molar-refractivity contribution >= 4 is 5.97 Å². The summed E-state index contributed by atoms with van der Waals surface area (Å²) in [4.78, 5) is 14.2. The van der Waals surface area contributed by atoms with Gasteiger partial charge in [0.1, 0.15) is 5.54 Å². The van der Waals surface area contributed by atoms with Crippen LogP contribution in [0.1, 0.15) is 40.0 Å². The maximum absolute atomic E-state index is 11.8. The molecule has 0 amide bonds. The van der Waals surface area contributed by atoms with Gasteiger partial charge in [-0.2, -0.15) is 0 Å². The van der Waals surface area contributed by atoms with Gasteiger partial charge in [-0.25, -0.2) is 0 Å². The average Bonchev–Trinajstić information content (AvgIpc) is 2.40. The maximum Gasteiger partial charge on any atom is 0.327 e. The van der Waals surface area contributed by atoms with Crippen LogP contribution < -0.4 is 5.32 Å². The lowest BCUT2D eigenvalue weighted by molar-refractivity contribution is -0.148. The van der Waals surface area contributed by atoms with Crippen LogP contribution in [0.2, 0.25) is 0 Å². The smallest absolute Gasteiger partial charge is 0.327 e. The minimum atomic E-state index is -0.602. The van der Waals surface area contributed by atoms with E-state index in [2.05, 4.69) is 24.1 Å². The van der Waals surface area contributed by atoms with Crippen molar-refractivity contribution in [1.29, 1.82) is 0 Å². The summed E-state index contributed by atoms with van der Waals surface area (Å²) in [7, 11) is 3.26. The summed E-state index contributed by atoms with van der Waals surface area (Å²) in [6.45, 7) is 9.39. The second-order valence-corrected chi connectivity index (χ2v) is 6.01. The molecular formula is C14H28N2O2. The van der Waals surface area contributed by atoms with Gasteiger partial charge in [-0.3, -0.25) is 4.79 Å². The molecule has 1 aliphatic heterocycles. The number of methoxy groups -OCH3 is 1. The minimum Gasteiger partial charge on any atom is -0.468 e. The molecule has 1 unspecified atom stereocenters. The van der Waals surface area contributed by atoms with Crippen LogP contribution in [0.5, 0.6) is 0 Å². The molecule has 1 rings (SSSR count). The number of carbonyl (C=O) groups excluding carboxylic acids is 1. The summed E-state index contributed by atoms with van der Waals surface area (Å²) in [6.07, 6.45) is 3.66. The zero-order chi connectivity index (χ0) is 13.8. The summed E-state index contributed by atoms with van der Waals surface area (Å²) < 4.78 is 4.88. The number of hydrogen-bond acceptors (Lipinski definition) is 4. The Bertz CT molecular complexity index is 286. The number of nitrogens with zero attached hydrogens (tertiary/aromatic N) is 1. The molecule has 0 radical (unpaired) electrons. The fourth-order valence-corrected chi connectivity index (χ4v) is 2.52. The number of hydrogen-bond donors (Lipinski definition) is 1. The molecule has 0 bridgehead atoms. The summed E-state index contributed by atoms with van der Waals surface area (Å²) >= 11 is 0. The highest BCUT2D eigenvalue weighted by molar-refractivity contribution is 5.80. The zero-order valence-electron chi connectivity index (χ0n) is 12.5. The van der Waals surface area contributed by atoms with E-state index in [0.717, 1.165) is 19.6 Å². The number of nitrogens with one attached hydrogen (secondary N) is 1. The molecule has 1 N–H and O–H groups in total. The van der Waals surface area contributed by atoms with Gasteiger partial charge in [0.15, 0.2) is 0 Å². The maximum atomic E-state index is 11.8. The zero-order valence-corrected chi connectivity index (χ0v) is 12.5. The average molecular weight is 256 g/mol. The Kier molecular flexibility index (Phi) is 5.17. The Morgan fingerprint density at radius 1 is 1.44 bits per heavy atom. The van der Waals surface area contributed by atoms with Crippen molar-refractivity contribution in [3.63, 3.8) is 0 Å². The van der Waals surface area contributed by atoms with E-state index in [-0.39, 0.29) is 5.97 Å². The van der Waals surface area contributed by atoms with Gasteiger partial charge >= 0.3 is 5.97 Å². The van der Waals surface area contributed by atoms with Gasteiger partial charge < -0.3 is 15.0 Å². The highest BCUT2D eigenvalue weighted by Gasteiger charge is 2.37. The molecule has 0 spiro atoms. The SMILES string of the molecule is CCC1(C)CCN(CC(C)(NC)C(=O)OC)CC1. The lowest BCUT2D eigenvalue weighted by atomic mass is 9.78. The minimum absolute atomic E-state index is 0.186. The Balaban J connectivity index is 2.56. The molecule has 0 aromatic carbocycles. The number of ether oxygens (including phenoxy) is 1. The summed E-state index contributed by atoms with van der Waals surface area (Å²) in [5.41, 5.74) is -0.119. The van der Waals surface area contributed by atoms with Crippen molar-refractivity contribution in [3.8, 4) is 0 Å². The van der Waals surface area contributed by atoms with E-state index in [9.17, 15) is 4.79 Å². The Morgan fingerprint density at radius 3 is 2.39 bits per heavy atom. The third-order valence-corrected chi connectivity index (χ3v) is 4.64. The first-order valence-corrected chi connectivity index (χ1v) is 6.89. The van der Waals surface area contributed by atoms with Gasteiger partial charge in [0.05, 0.1) is 7.11 Å². The van der Waals surface area contributed by atoms with E-state index < -0.39 is 5.54 Å². The van der Waals surface area contributed by atoms with Crippen LogP contribution in [0.4, 0.5) is 0 Å². The molecule has 18 heavy (non-hydrogen) atoms. The van der Waals surface area contributed by atoms with Crippen LogP contribution in [0.25, 0.3) is 0 Å². The first-order chi connectivity index (χ1) is 8.39. The number of likely N-dealkylation sites (N-methyl/N-ethyl adjacent to an activating group) is 1. The molecule has 1 aliphatic rings. The van der Waals surface area contributed by atoms with Crippen molar-refractivity contribution in [2.45, 2.75) is 45.6 Å². The molecule has 1 heterocycles. The summed E-state index contributed by atoms with van der Waals surface area (Å²) in [5.74, 6) is -0.186. The number of rotatable bonds is 5. The van der Waals surface area contributed by atoms with Crippen LogP contribution >= 0.6 is 0 Å². The predicted octanol–water partition coefficient (Wildman–Crippen LogP) is 1.65. The van der Waals surface area contributed by atoms with E-state index in [1.807, 2.05) is 14.0 Å². The van der Waals surface area contributed by atoms with E-state index in [1.165, 1.54) is 26.4 Å². The van der Waals surface area contributed by atoms with Crippen molar-refractivity contribution in [2.75, 3.05) is 33.8 Å². The number of piperidine rings is 1. The normalized spacial score (nSPS) is 23.4. The van der Waals surface area contributed by atoms with E-state index in [1.54, 1.807) is 0 Å². The van der Waals surface area contributed by atoms with Crippen molar-refractivity contribution in [2.24, 2.45) is 5.41 Å². The molecule has 0 saturated carbocycles. The first kappa shape index (κ1) is 15.4. The number of esters is 1. The standard InChI is InChI=1S/C14H28N2O2/c1-6-13(2)7-9-16(10-8-13)11-14(3,15-4)12(17)18-5/h15H,6-11H2,1-5H3. The quantitative estimate of drug-likeness (QED) is 0.760. The summed E-state index contributed by atoms with van der Waals surface area (Å²) in [6, 6.07) is 0. The highest BCUT2D eigenvalue weighted by atomic mass is 16.5. The van der Waals surface area contributed by atoms with Gasteiger partial charge in [0.2, 0.25) is 0 Å².